The molecule has 1 aromatic carbocycles. The largest absolute Gasteiger partial charge is 0.438 e. The van der Waals surface area contributed by atoms with Crippen LogP contribution in [-0.2, 0) is 6.54 Å². The quantitative estimate of drug-likeness (QED) is 0.751. The fourth-order valence-corrected chi connectivity index (χ4v) is 1.69. The van der Waals surface area contributed by atoms with Gasteiger partial charge in [0.25, 0.3) is 0 Å². The molecule has 0 saturated carbocycles. The molecule has 0 bridgehead atoms. The highest BCUT2D eigenvalue weighted by molar-refractivity contribution is 5.36. The monoisotopic (exact) mass is 256 g/mol. The van der Waals surface area contributed by atoms with Gasteiger partial charge in [0.05, 0.1) is 0 Å². The SMILES string of the molecule is CNCc1ccc(Oc2ccc3nnnn3n2)cc1. The Morgan fingerprint density at radius 2 is 2.00 bits per heavy atom. The third-order valence-corrected chi connectivity index (χ3v) is 2.57. The summed E-state index contributed by atoms with van der Waals surface area (Å²) in [6.45, 7) is 0.828. The summed E-state index contributed by atoms with van der Waals surface area (Å²) in [5, 5.41) is 18.2. The van der Waals surface area contributed by atoms with Gasteiger partial charge >= 0.3 is 0 Å². The van der Waals surface area contributed by atoms with E-state index in [0.29, 0.717) is 11.5 Å². The maximum Gasteiger partial charge on any atom is 0.239 e. The second-order valence-electron chi connectivity index (χ2n) is 3.97. The standard InChI is InChI=1S/C12H12N6O/c1-13-8-9-2-4-10(5-3-9)19-12-7-6-11-14-16-17-18(11)15-12/h2-7,13H,8H2,1H3. The van der Waals surface area contributed by atoms with Crippen molar-refractivity contribution in [3.05, 3.63) is 42.0 Å². The zero-order valence-corrected chi connectivity index (χ0v) is 10.3. The van der Waals surface area contributed by atoms with E-state index in [1.807, 2.05) is 31.3 Å². The molecular weight excluding hydrogens is 244 g/mol. The average molecular weight is 256 g/mol. The van der Waals surface area contributed by atoms with Gasteiger partial charge in [0.1, 0.15) is 5.75 Å². The van der Waals surface area contributed by atoms with Crippen molar-refractivity contribution in [1.29, 1.82) is 0 Å². The first-order valence-electron chi connectivity index (χ1n) is 5.82. The van der Waals surface area contributed by atoms with Gasteiger partial charge in [0.15, 0.2) is 5.65 Å². The van der Waals surface area contributed by atoms with Crippen molar-refractivity contribution >= 4 is 5.65 Å². The molecule has 96 valence electrons. The Balaban J connectivity index is 1.79. The number of aromatic nitrogens is 5. The minimum absolute atomic E-state index is 0.446. The fourth-order valence-electron chi connectivity index (χ4n) is 1.69. The first kappa shape index (κ1) is 11.5. The van der Waals surface area contributed by atoms with Gasteiger partial charge in [0.2, 0.25) is 5.88 Å². The predicted molar refractivity (Wildman–Crippen MR) is 67.9 cm³/mol. The maximum absolute atomic E-state index is 5.64. The smallest absolute Gasteiger partial charge is 0.239 e. The van der Waals surface area contributed by atoms with Crippen molar-refractivity contribution in [3.8, 4) is 11.6 Å². The fraction of sp³-hybridized carbons (Fsp3) is 0.167. The van der Waals surface area contributed by atoms with E-state index in [4.69, 9.17) is 4.74 Å². The summed E-state index contributed by atoms with van der Waals surface area (Å²) in [6, 6.07) is 11.3. The predicted octanol–water partition coefficient (Wildman–Crippen LogP) is 1.03. The minimum Gasteiger partial charge on any atom is -0.438 e. The van der Waals surface area contributed by atoms with Crippen molar-refractivity contribution in [2.24, 2.45) is 0 Å². The second-order valence-corrected chi connectivity index (χ2v) is 3.97. The van der Waals surface area contributed by atoms with Gasteiger partial charge in [-0.25, -0.2) is 0 Å². The highest BCUT2D eigenvalue weighted by atomic mass is 16.5. The van der Waals surface area contributed by atoms with Crippen LogP contribution in [0.3, 0.4) is 0 Å². The molecule has 0 aliphatic rings. The van der Waals surface area contributed by atoms with Crippen LogP contribution in [-0.4, -0.2) is 32.3 Å². The molecule has 0 radical (unpaired) electrons. The number of benzene rings is 1. The molecule has 0 spiro atoms. The Kier molecular flexibility index (Phi) is 3.03. The Bertz CT molecular complexity index is 678. The van der Waals surface area contributed by atoms with Crippen LogP contribution in [0.15, 0.2) is 36.4 Å². The summed E-state index contributed by atoms with van der Waals surface area (Å²) in [6.07, 6.45) is 0. The topological polar surface area (TPSA) is 77.2 Å². The summed E-state index contributed by atoms with van der Waals surface area (Å²) < 4.78 is 6.97. The molecule has 0 aliphatic heterocycles. The lowest BCUT2D eigenvalue weighted by Crippen LogP contribution is -2.04. The zero-order chi connectivity index (χ0) is 13.1. The third kappa shape index (κ3) is 2.50. The van der Waals surface area contributed by atoms with Gasteiger partial charge in [-0.05, 0) is 41.2 Å². The Morgan fingerprint density at radius 3 is 2.79 bits per heavy atom. The lowest BCUT2D eigenvalue weighted by molar-refractivity contribution is 0.447. The number of rotatable bonds is 4. The van der Waals surface area contributed by atoms with Crippen LogP contribution in [0.1, 0.15) is 5.56 Å². The molecule has 2 heterocycles. The molecule has 19 heavy (non-hydrogen) atoms. The lowest BCUT2D eigenvalue weighted by Gasteiger charge is -2.05. The average Bonchev–Trinajstić information content (AvgIpc) is 2.89. The van der Waals surface area contributed by atoms with E-state index in [1.165, 1.54) is 10.2 Å². The molecule has 0 atom stereocenters. The summed E-state index contributed by atoms with van der Waals surface area (Å²) in [5.74, 6) is 1.17. The van der Waals surface area contributed by atoms with Crippen LogP contribution in [0.25, 0.3) is 5.65 Å². The molecule has 0 amide bonds. The van der Waals surface area contributed by atoms with E-state index < -0.39 is 0 Å². The molecule has 1 N–H and O–H groups in total. The van der Waals surface area contributed by atoms with Crippen LogP contribution in [0.4, 0.5) is 0 Å². The van der Waals surface area contributed by atoms with Gasteiger partial charge in [-0.3, -0.25) is 0 Å². The minimum atomic E-state index is 0.446. The summed E-state index contributed by atoms with van der Waals surface area (Å²) in [5.41, 5.74) is 1.77. The van der Waals surface area contributed by atoms with Crippen molar-refractivity contribution < 1.29 is 4.74 Å². The molecule has 0 unspecified atom stereocenters. The van der Waals surface area contributed by atoms with E-state index >= 15 is 0 Å². The zero-order valence-electron chi connectivity index (χ0n) is 10.3. The van der Waals surface area contributed by atoms with Gasteiger partial charge in [-0.15, -0.1) is 14.8 Å². The van der Waals surface area contributed by atoms with Crippen LogP contribution in [0.2, 0.25) is 0 Å². The molecule has 3 rings (SSSR count). The summed E-state index contributed by atoms with van der Waals surface area (Å²) in [4.78, 5) is 0. The van der Waals surface area contributed by atoms with Gasteiger partial charge in [-0.2, -0.15) is 0 Å². The van der Waals surface area contributed by atoms with E-state index in [-0.39, 0.29) is 0 Å². The van der Waals surface area contributed by atoms with Crippen LogP contribution >= 0.6 is 0 Å². The normalized spacial score (nSPS) is 10.8. The van der Waals surface area contributed by atoms with Crippen molar-refractivity contribution in [2.45, 2.75) is 6.54 Å². The lowest BCUT2D eigenvalue weighted by atomic mass is 10.2. The van der Waals surface area contributed by atoms with Crippen LogP contribution in [0.5, 0.6) is 11.6 Å². The van der Waals surface area contributed by atoms with Gasteiger partial charge in [-0.1, -0.05) is 12.1 Å². The highest BCUT2D eigenvalue weighted by Crippen LogP contribution is 2.19. The maximum atomic E-state index is 5.64. The van der Waals surface area contributed by atoms with Crippen LogP contribution in [0, 0.1) is 0 Å². The number of nitrogens with zero attached hydrogens (tertiary/aromatic N) is 5. The number of tetrazole rings is 1. The Morgan fingerprint density at radius 1 is 1.16 bits per heavy atom. The van der Waals surface area contributed by atoms with Crippen molar-refractivity contribution in [1.82, 2.24) is 30.6 Å². The summed E-state index contributed by atoms with van der Waals surface area (Å²) in [7, 11) is 1.91. The third-order valence-electron chi connectivity index (χ3n) is 2.57. The summed E-state index contributed by atoms with van der Waals surface area (Å²) >= 11 is 0. The molecule has 7 nitrogen and oxygen atoms in total. The molecule has 3 aromatic rings. The van der Waals surface area contributed by atoms with E-state index in [1.54, 1.807) is 12.1 Å². The van der Waals surface area contributed by atoms with Crippen LogP contribution < -0.4 is 10.1 Å². The Labute approximate surface area is 109 Å². The molecule has 0 aliphatic carbocycles. The number of hydrogen-bond donors (Lipinski definition) is 1. The first-order valence-corrected chi connectivity index (χ1v) is 5.82. The first-order chi connectivity index (χ1) is 9.35. The second kappa shape index (κ2) is 4.99. The molecule has 2 aromatic heterocycles. The van der Waals surface area contributed by atoms with Gasteiger partial charge < -0.3 is 10.1 Å². The molecule has 0 saturated heterocycles. The number of nitrogens with one attached hydrogen (secondary N) is 1. The highest BCUT2D eigenvalue weighted by Gasteiger charge is 2.03. The molecular formula is C12H12N6O. The van der Waals surface area contributed by atoms with Crippen molar-refractivity contribution in [2.75, 3.05) is 7.05 Å². The number of fused-ring (bicyclic) bond motifs is 1. The number of hydrogen-bond acceptors (Lipinski definition) is 6. The molecule has 0 fully saturated rings. The van der Waals surface area contributed by atoms with E-state index in [2.05, 4.69) is 25.9 Å². The van der Waals surface area contributed by atoms with E-state index in [9.17, 15) is 0 Å². The van der Waals surface area contributed by atoms with E-state index in [0.717, 1.165) is 12.3 Å². The number of ether oxygens (including phenoxy) is 1. The van der Waals surface area contributed by atoms with Crippen molar-refractivity contribution in [3.63, 3.8) is 0 Å². The molecule has 7 heteroatoms. The van der Waals surface area contributed by atoms with Gasteiger partial charge in [0, 0.05) is 12.6 Å². The Hall–Kier alpha value is -2.54.